The summed E-state index contributed by atoms with van der Waals surface area (Å²) in [6.45, 7) is 1.96. The van der Waals surface area contributed by atoms with Gasteiger partial charge in [-0.25, -0.2) is 0 Å². The molecule has 0 fully saturated rings. The molecule has 0 spiro atoms. The van der Waals surface area contributed by atoms with Crippen molar-refractivity contribution in [1.82, 2.24) is 0 Å². The van der Waals surface area contributed by atoms with Gasteiger partial charge in [0.25, 0.3) is 0 Å². The smallest absolute Gasteiger partial charge is 0.0498 e. The zero-order valence-electron chi connectivity index (χ0n) is 8.06. The summed E-state index contributed by atoms with van der Waals surface area (Å²) < 4.78 is 0. The highest BCUT2D eigenvalue weighted by atomic mass is 35.5. The zero-order valence-corrected chi connectivity index (χ0v) is 9.57. The summed E-state index contributed by atoms with van der Waals surface area (Å²) in [5.74, 6) is 0.627. The number of nitrogens with two attached hydrogens (primary N) is 1. The van der Waals surface area contributed by atoms with Gasteiger partial charge in [0, 0.05) is 16.6 Å². The van der Waals surface area contributed by atoms with Gasteiger partial charge >= 0.3 is 0 Å². The second-order valence-corrected chi connectivity index (χ2v) is 3.90. The Labute approximate surface area is 94.5 Å². The number of allylic oxidation sites excluding steroid dienone is 1. The average Bonchev–Trinajstić information content (AvgIpc) is 2.14. The van der Waals surface area contributed by atoms with E-state index < -0.39 is 0 Å². The molecule has 0 saturated heterocycles. The van der Waals surface area contributed by atoms with E-state index in [1.54, 1.807) is 6.07 Å². The quantitative estimate of drug-likeness (QED) is 0.619. The number of hydrogen-bond donors (Lipinski definition) is 1. The van der Waals surface area contributed by atoms with Gasteiger partial charge in [0.15, 0.2) is 0 Å². The summed E-state index contributed by atoms with van der Waals surface area (Å²) in [5.41, 5.74) is 8.47. The third kappa shape index (κ3) is 2.93. The second-order valence-electron chi connectivity index (χ2n) is 3.11. The van der Waals surface area contributed by atoms with E-state index in [4.69, 9.17) is 28.9 Å². The van der Waals surface area contributed by atoms with Gasteiger partial charge in [0.1, 0.15) is 0 Å². The van der Waals surface area contributed by atoms with Crippen LogP contribution < -0.4 is 5.73 Å². The van der Waals surface area contributed by atoms with Crippen molar-refractivity contribution in [3.05, 3.63) is 34.4 Å². The van der Waals surface area contributed by atoms with E-state index >= 15 is 0 Å². The van der Waals surface area contributed by atoms with Crippen molar-refractivity contribution < 1.29 is 0 Å². The third-order valence-electron chi connectivity index (χ3n) is 1.96. The lowest BCUT2D eigenvalue weighted by Gasteiger charge is -2.04. The zero-order chi connectivity index (χ0) is 10.6. The van der Waals surface area contributed by atoms with Gasteiger partial charge in [-0.1, -0.05) is 23.8 Å². The van der Waals surface area contributed by atoms with E-state index in [2.05, 4.69) is 0 Å². The molecule has 0 aliphatic carbocycles. The molecular formula is C11H13Cl2N. The minimum atomic E-state index is 0.627. The van der Waals surface area contributed by atoms with E-state index in [-0.39, 0.29) is 0 Å². The number of anilines is 1. The summed E-state index contributed by atoms with van der Waals surface area (Å²) in [4.78, 5) is 0. The number of nitrogen functional groups attached to an aromatic ring is 1. The maximum absolute atomic E-state index is 6.02. The van der Waals surface area contributed by atoms with Crippen LogP contribution in [-0.4, -0.2) is 5.88 Å². The Bertz CT molecular complexity index is 345. The highest BCUT2D eigenvalue weighted by Crippen LogP contribution is 2.23. The van der Waals surface area contributed by atoms with Crippen LogP contribution in [-0.2, 0) is 0 Å². The van der Waals surface area contributed by atoms with E-state index in [1.807, 2.05) is 25.1 Å². The van der Waals surface area contributed by atoms with Crippen LogP contribution in [0.4, 0.5) is 5.69 Å². The Morgan fingerprint density at radius 1 is 1.43 bits per heavy atom. The molecule has 1 aromatic rings. The van der Waals surface area contributed by atoms with Crippen LogP contribution in [0.25, 0.3) is 6.08 Å². The van der Waals surface area contributed by atoms with Crippen molar-refractivity contribution in [2.75, 3.05) is 11.6 Å². The van der Waals surface area contributed by atoms with Gasteiger partial charge in [-0.05, 0) is 36.6 Å². The van der Waals surface area contributed by atoms with E-state index in [9.17, 15) is 0 Å². The molecule has 0 saturated carbocycles. The lowest BCUT2D eigenvalue weighted by molar-refractivity contribution is 1.24. The van der Waals surface area contributed by atoms with Crippen LogP contribution in [0.15, 0.2) is 18.2 Å². The fourth-order valence-electron chi connectivity index (χ4n) is 1.12. The highest BCUT2D eigenvalue weighted by Gasteiger charge is 2.00. The summed E-state index contributed by atoms with van der Waals surface area (Å²) in [6.07, 6.45) is 4.82. The summed E-state index contributed by atoms with van der Waals surface area (Å²) in [6, 6.07) is 3.75. The van der Waals surface area contributed by atoms with Crippen molar-refractivity contribution in [3.63, 3.8) is 0 Å². The molecule has 1 aromatic carbocycles. The van der Waals surface area contributed by atoms with Crippen molar-refractivity contribution in [2.24, 2.45) is 0 Å². The molecule has 0 radical (unpaired) electrons. The van der Waals surface area contributed by atoms with Crippen LogP contribution >= 0.6 is 23.2 Å². The Kier molecular flexibility index (Phi) is 4.30. The first-order valence-electron chi connectivity index (χ1n) is 4.43. The third-order valence-corrected chi connectivity index (χ3v) is 2.50. The highest BCUT2D eigenvalue weighted by molar-refractivity contribution is 6.32. The normalized spacial score (nSPS) is 11.1. The second kappa shape index (κ2) is 5.28. The fraction of sp³-hybridized carbons (Fsp3) is 0.273. The summed E-state index contributed by atoms with van der Waals surface area (Å²) in [5, 5.41) is 0.680. The van der Waals surface area contributed by atoms with Gasteiger partial charge in [-0.3, -0.25) is 0 Å². The van der Waals surface area contributed by atoms with Gasteiger partial charge in [-0.2, -0.15) is 0 Å². The molecule has 0 aliphatic heterocycles. The lowest BCUT2D eigenvalue weighted by Crippen LogP contribution is -1.90. The van der Waals surface area contributed by atoms with Crippen LogP contribution in [0, 0.1) is 6.92 Å². The molecule has 0 aliphatic rings. The molecular weight excluding hydrogens is 217 g/mol. The van der Waals surface area contributed by atoms with Gasteiger partial charge in [-0.15, -0.1) is 11.6 Å². The first kappa shape index (κ1) is 11.4. The van der Waals surface area contributed by atoms with Gasteiger partial charge in [0.05, 0.1) is 0 Å². The number of halogens is 2. The van der Waals surface area contributed by atoms with Gasteiger partial charge < -0.3 is 5.73 Å². The number of rotatable bonds is 3. The maximum Gasteiger partial charge on any atom is 0.0498 e. The SMILES string of the molecule is Cc1cc(C=CCCCl)c(Cl)cc1N. The molecule has 0 heterocycles. The van der Waals surface area contributed by atoms with Gasteiger partial charge in [0.2, 0.25) is 0 Å². The topological polar surface area (TPSA) is 26.0 Å². The van der Waals surface area contributed by atoms with Crippen molar-refractivity contribution in [1.29, 1.82) is 0 Å². The number of hydrogen-bond acceptors (Lipinski definition) is 1. The molecule has 0 aromatic heterocycles. The lowest BCUT2D eigenvalue weighted by atomic mass is 10.1. The molecule has 76 valence electrons. The minimum absolute atomic E-state index is 0.627. The molecule has 2 N–H and O–H groups in total. The van der Waals surface area contributed by atoms with Crippen LogP contribution in [0.3, 0.4) is 0 Å². The van der Waals surface area contributed by atoms with Crippen molar-refractivity contribution in [2.45, 2.75) is 13.3 Å². The standard InChI is InChI=1S/C11H13Cl2N/c1-8-6-9(4-2-3-5-12)10(13)7-11(8)14/h2,4,6-7H,3,5,14H2,1H3. The Morgan fingerprint density at radius 2 is 2.14 bits per heavy atom. The van der Waals surface area contributed by atoms with E-state index in [1.165, 1.54) is 0 Å². The predicted molar refractivity (Wildman–Crippen MR) is 65.0 cm³/mol. The number of benzene rings is 1. The largest absolute Gasteiger partial charge is 0.398 e. The molecule has 1 nitrogen and oxygen atoms in total. The predicted octanol–water partition coefficient (Wildman–Crippen LogP) is 3.87. The first-order chi connectivity index (χ1) is 6.65. The molecule has 3 heteroatoms. The van der Waals surface area contributed by atoms with E-state index in [0.717, 1.165) is 23.2 Å². The molecule has 1 rings (SSSR count). The minimum Gasteiger partial charge on any atom is -0.398 e. The Balaban J connectivity index is 2.92. The maximum atomic E-state index is 6.02. The molecule has 0 bridgehead atoms. The average molecular weight is 230 g/mol. The van der Waals surface area contributed by atoms with Crippen molar-refractivity contribution >= 4 is 35.0 Å². The Morgan fingerprint density at radius 3 is 2.79 bits per heavy atom. The summed E-state index contributed by atoms with van der Waals surface area (Å²) >= 11 is 11.6. The molecule has 0 atom stereocenters. The monoisotopic (exact) mass is 229 g/mol. The summed E-state index contributed by atoms with van der Waals surface area (Å²) in [7, 11) is 0. The number of aryl methyl sites for hydroxylation is 1. The van der Waals surface area contributed by atoms with Crippen LogP contribution in [0.2, 0.25) is 5.02 Å². The Hall–Kier alpha value is -0.660. The van der Waals surface area contributed by atoms with Crippen molar-refractivity contribution in [3.8, 4) is 0 Å². The fourth-order valence-corrected chi connectivity index (χ4v) is 1.48. The number of alkyl halides is 1. The molecule has 0 unspecified atom stereocenters. The van der Waals surface area contributed by atoms with Crippen LogP contribution in [0.5, 0.6) is 0 Å². The molecule has 14 heavy (non-hydrogen) atoms. The van der Waals surface area contributed by atoms with Crippen LogP contribution in [0.1, 0.15) is 17.5 Å². The molecule has 0 amide bonds. The van der Waals surface area contributed by atoms with E-state index in [0.29, 0.717) is 10.9 Å². The first-order valence-corrected chi connectivity index (χ1v) is 5.34.